The highest BCUT2D eigenvalue weighted by Crippen LogP contribution is 2.38. The largest absolute Gasteiger partial charge is 0.381 e. The van der Waals surface area contributed by atoms with Gasteiger partial charge in [-0.05, 0) is 56.2 Å². The van der Waals surface area contributed by atoms with Crippen molar-refractivity contribution in [3.05, 3.63) is 35.4 Å². The van der Waals surface area contributed by atoms with Gasteiger partial charge in [0.2, 0.25) is 0 Å². The molecule has 0 aliphatic heterocycles. The second kappa shape index (κ2) is 7.66. The first kappa shape index (κ1) is 14.5. The Hall–Kier alpha value is -0.860. The summed E-state index contributed by atoms with van der Waals surface area (Å²) in [5, 5.41) is 3.64. The molecule has 1 saturated carbocycles. The highest BCUT2D eigenvalue weighted by Gasteiger charge is 2.30. The number of ether oxygens (including phenoxy) is 1. The molecule has 0 unspecified atom stereocenters. The summed E-state index contributed by atoms with van der Waals surface area (Å²) < 4.78 is 5.48. The SMILES string of the molecule is CCCOCCCNC1CC(c2ccccc2C)C1. The maximum Gasteiger partial charge on any atom is 0.0478 e. The van der Waals surface area contributed by atoms with E-state index in [1.807, 2.05) is 0 Å². The van der Waals surface area contributed by atoms with E-state index in [2.05, 4.69) is 43.4 Å². The molecule has 2 rings (SSSR count). The Morgan fingerprint density at radius 3 is 2.74 bits per heavy atom. The molecular formula is C17H27NO. The van der Waals surface area contributed by atoms with Crippen molar-refractivity contribution in [2.24, 2.45) is 0 Å². The molecule has 2 nitrogen and oxygen atoms in total. The predicted molar refractivity (Wildman–Crippen MR) is 80.7 cm³/mol. The molecule has 0 bridgehead atoms. The topological polar surface area (TPSA) is 21.3 Å². The number of rotatable bonds is 8. The Morgan fingerprint density at radius 1 is 1.21 bits per heavy atom. The van der Waals surface area contributed by atoms with Crippen molar-refractivity contribution in [3.8, 4) is 0 Å². The van der Waals surface area contributed by atoms with Gasteiger partial charge in [0.25, 0.3) is 0 Å². The fraction of sp³-hybridized carbons (Fsp3) is 0.647. The summed E-state index contributed by atoms with van der Waals surface area (Å²) in [4.78, 5) is 0. The van der Waals surface area contributed by atoms with E-state index in [1.54, 1.807) is 5.56 Å². The van der Waals surface area contributed by atoms with Gasteiger partial charge in [-0.3, -0.25) is 0 Å². The molecule has 1 aromatic rings. The van der Waals surface area contributed by atoms with E-state index in [-0.39, 0.29) is 0 Å². The van der Waals surface area contributed by atoms with Crippen molar-refractivity contribution in [3.63, 3.8) is 0 Å². The second-order valence-corrected chi connectivity index (χ2v) is 5.64. The predicted octanol–water partition coefficient (Wildman–Crippen LogP) is 3.65. The molecule has 2 heteroatoms. The zero-order chi connectivity index (χ0) is 13.5. The molecule has 0 saturated heterocycles. The van der Waals surface area contributed by atoms with E-state index in [0.717, 1.165) is 44.6 Å². The van der Waals surface area contributed by atoms with Crippen LogP contribution in [0.15, 0.2) is 24.3 Å². The fourth-order valence-electron chi connectivity index (χ4n) is 2.81. The minimum atomic E-state index is 0.718. The molecule has 0 amide bonds. The summed E-state index contributed by atoms with van der Waals surface area (Å²) in [6, 6.07) is 9.52. The molecule has 0 radical (unpaired) electrons. The summed E-state index contributed by atoms with van der Waals surface area (Å²) in [7, 11) is 0. The van der Waals surface area contributed by atoms with Gasteiger partial charge in [0.15, 0.2) is 0 Å². The highest BCUT2D eigenvalue weighted by molar-refractivity contribution is 5.31. The van der Waals surface area contributed by atoms with Crippen LogP contribution < -0.4 is 5.32 Å². The molecule has 0 heterocycles. The number of hydrogen-bond donors (Lipinski definition) is 1. The fourth-order valence-corrected chi connectivity index (χ4v) is 2.81. The van der Waals surface area contributed by atoms with Gasteiger partial charge in [-0.1, -0.05) is 31.2 Å². The van der Waals surface area contributed by atoms with Crippen molar-refractivity contribution in [1.29, 1.82) is 0 Å². The first-order valence-electron chi connectivity index (χ1n) is 7.68. The van der Waals surface area contributed by atoms with Crippen LogP contribution in [0, 0.1) is 6.92 Å². The molecular weight excluding hydrogens is 234 g/mol. The first-order chi connectivity index (χ1) is 9.31. The maximum atomic E-state index is 5.48. The smallest absolute Gasteiger partial charge is 0.0478 e. The third-order valence-corrected chi connectivity index (χ3v) is 4.01. The van der Waals surface area contributed by atoms with Crippen LogP contribution >= 0.6 is 0 Å². The summed E-state index contributed by atoms with van der Waals surface area (Å²) in [5.74, 6) is 0.773. The van der Waals surface area contributed by atoms with Crippen molar-refractivity contribution in [2.45, 2.75) is 51.5 Å². The van der Waals surface area contributed by atoms with Crippen LogP contribution in [-0.4, -0.2) is 25.8 Å². The quantitative estimate of drug-likeness (QED) is 0.721. The Balaban J connectivity index is 1.58. The van der Waals surface area contributed by atoms with E-state index in [0.29, 0.717) is 0 Å². The van der Waals surface area contributed by atoms with Crippen molar-refractivity contribution >= 4 is 0 Å². The first-order valence-corrected chi connectivity index (χ1v) is 7.68. The van der Waals surface area contributed by atoms with Gasteiger partial charge in [-0.15, -0.1) is 0 Å². The molecule has 1 aliphatic rings. The number of nitrogens with one attached hydrogen (secondary N) is 1. The minimum absolute atomic E-state index is 0.718. The average molecular weight is 261 g/mol. The molecule has 1 fully saturated rings. The minimum Gasteiger partial charge on any atom is -0.381 e. The van der Waals surface area contributed by atoms with E-state index in [9.17, 15) is 0 Å². The third kappa shape index (κ3) is 4.32. The highest BCUT2D eigenvalue weighted by atomic mass is 16.5. The Kier molecular flexibility index (Phi) is 5.87. The lowest BCUT2D eigenvalue weighted by Gasteiger charge is -2.37. The van der Waals surface area contributed by atoms with Crippen LogP contribution in [0.1, 0.15) is 49.7 Å². The molecule has 0 aromatic heterocycles. The van der Waals surface area contributed by atoms with E-state index in [4.69, 9.17) is 4.74 Å². The molecule has 0 atom stereocenters. The maximum absolute atomic E-state index is 5.48. The lowest BCUT2D eigenvalue weighted by molar-refractivity contribution is 0.130. The lowest BCUT2D eigenvalue weighted by atomic mass is 9.74. The van der Waals surface area contributed by atoms with Crippen LogP contribution in [0.5, 0.6) is 0 Å². The van der Waals surface area contributed by atoms with E-state index < -0.39 is 0 Å². The van der Waals surface area contributed by atoms with Crippen molar-refractivity contribution < 1.29 is 4.74 Å². The molecule has 0 spiro atoms. The Bertz CT molecular complexity index is 371. The lowest BCUT2D eigenvalue weighted by Crippen LogP contribution is -2.40. The molecule has 106 valence electrons. The normalized spacial score (nSPS) is 22.2. The van der Waals surface area contributed by atoms with Gasteiger partial charge in [0, 0.05) is 19.3 Å². The second-order valence-electron chi connectivity index (χ2n) is 5.64. The Labute approximate surface area is 117 Å². The van der Waals surface area contributed by atoms with Gasteiger partial charge in [-0.2, -0.15) is 0 Å². The van der Waals surface area contributed by atoms with Crippen LogP contribution in [-0.2, 0) is 4.74 Å². The van der Waals surface area contributed by atoms with Gasteiger partial charge in [-0.25, -0.2) is 0 Å². The number of hydrogen-bond acceptors (Lipinski definition) is 2. The van der Waals surface area contributed by atoms with Crippen LogP contribution in [0.25, 0.3) is 0 Å². The van der Waals surface area contributed by atoms with E-state index >= 15 is 0 Å². The Morgan fingerprint density at radius 2 is 2.00 bits per heavy atom. The van der Waals surface area contributed by atoms with Gasteiger partial charge in [0.1, 0.15) is 0 Å². The molecule has 1 aliphatic carbocycles. The molecule has 19 heavy (non-hydrogen) atoms. The average Bonchev–Trinajstić information content (AvgIpc) is 2.37. The van der Waals surface area contributed by atoms with Gasteiger partial charge < -0.3 is 10.1 Å². The van der Waals surface area contributed by atoms with E-state index in [1.165, 1.54) is 18.4 Å². The number of aryl methyl sites for hydroxylation is 1. The van der Waals surface area contributed by atoms with Gasteiger partial charge in [0.05, 0.1) is 0 Å². The van der Waals surface area contributed by atoms with Crippen molar-refractivity contribution in [1.82, 2.24) is 5.32 Å². The standard InChI is InChI=1S/C17H27NO/c1-3-10-19-11-6-9-18-16-12-15(13-16)17-8-5-4-7-14(17)2/h4-5,7-8,15-16,18H,3,6,9-13H2,1-2H3. The number of benzene rings is 1. The molecule has 1 aromatic carbocycles. The van der Waals surface area contributed by atoms with Gasteiger partial charge >= 0.3 is 0 Å². The third-order valence-electron chi connectivity index (χ3n) is 4.01. The monoisotopic (exact) mass is 261 g/mol. The summed E-state index contributed by atoms with van der Waals surface area (Å²) in [6.45, 7) is 7.27. The molecule has 1 N–H and O–H groups in total. The van der Waals surface area contributed by atoms with Crippen LogP contribution in [0.4, 0.5) is 0 Å². The summed E-state index contributed by atoms with van der Waals surface area (Å²) >= 11 is 0. The van der Waals surface area contributed by atoms with Crippen LogP contribution in [0.3, 0.4) is 0 Å². The van der Waals surface area contributed by atoms with Crippen LogP contribution in [0.2, 0.25) is 0 Å². The van der Waals surface area contributed by atoms with Crippen molar-refractivity contribution in [2.75, 3.05) is 19.8 Å². The summed E-state index contributed by atoms with van der Waals surface area (Å²) in [6.07, 6.45) is 4.83. The zero-order valence-corrected chi connectivity index (χ0v) is 12.3. The zero-order valence-electron chi connectivity index (χ0n) is 12.3. The summed E-state index contributed by atoms with van der Waals surface area (Å²) in [5.41, 5.74) is 2.99.